The van der Waals surface area contributed by atoms with Gasteiger partial charge in [0.05, 0.1) is 21.8 Å². The summed E-state index contributed by atoms with van der Waals surface area (Å²) < 4.78 is 6.03. The first-order chi connectivity index (χ1) is 13.0. The summed E-state index contributed by atoms with van der Waals surface area (Å²) in [6.45, 7) is 1.70. The molecule has 1 heterocycles. The number of hydrogen-bond acceptors (Lipinski definition) is 4. The molecule has 0 aliphatic carbocycles. The van der Waals surface area contributed by atoms with Crippen molar-refractivity contribution in [2.75, 3.05) is 40.4 Å². The molecular formula is C20H25BrN2O3S. The number of thiophene rings is 1. The zero-order valence-corrected chi connectivity index (χ0v) is 18.1. The standard InChI is InChI=1S/C20H25BrN2O3S/c1-22(20(25)17-10-11-18(21)27-17)15-19(24)23(13-14-26-2)12-6-9-16-7-4-3-5-8-16/h3-5,7-8,10-11H,6,9,12-15H2,1-2H3. The summed E-state index contributed by atoms with van der Waals surface area (Å²) in [7, 11) is 3.28. The van der Waals surface area contributed by atoms with E-state index in [1.807, 2.05) is 24.3 Å². The lowest BCUT2D eigenvalue weighted by Crippen LogP contribution is -2.42. The molecule has 0 aliphatic rings. The minimum Gasteiger partial charge on any atom is -0.383 e. The lowest BCUT2D eigenvalue weighted by Gasteiger charge is -2.25. The highest BCUT2D eigenvalue weighted by Gasteiger charge is 2.20. The largest absolute Gasteiger partial charge is 0.383 e. The molecule has 0 atom stereocenters. The minimum absolute atomic E-state index is 0.0589. The third kappa shape index (κ3) is 7.08. The molecular weight excluding hydrogens is 428 g/mol. The van der Waals surface area contributed by atoms with Crippen molar-refractivity contribution in [1.29, 1.82) is 0 Å². The fourth-order valence-electron chi connectivity index (χ4n) is 2.67. The van der Waals surface area contributed by atoms with Gasteiger partial charge in [0.15, 0.2) is 0 Å². The first-order valence-electron chi connectivity index (χ1n) is 8.82. The van der Waals surface area contributed by atoms with Crippen molar-refractivity contribution >= 4 is 39.1 Å². The van der Waals surface area contributed by atoms with Crippen molar-refractivity contribution in [2.45, 2.75) is 12.8 Å². The highest BCUT2D eigenvalue weighted by Crippen LogP contribution is 2.23. The molecule has 7 heteroatoms. The van der Waals surface area contributed by atoms with E-state index in [9.17, 15) is 9.59 Å². The van der Waals surface area contributed by atoms with Crippen molar-refractivity contribution in [3.8, 4) is 0 Å². The monoisotopic (exact) mass is 452 g/mol. The van der Waals surface area contributed by atoms with Crippen LogP contribution in [-0.2, 0) is 16.0 Å². The van der Waals surface area contributed by atoms with Crippen molar-refractivity contribution in [3.63, 3.8) is 0 Å². The molecule has 0 unspecified atom stereocenters. The van der Waals surface area contributed by atoms with Gasteiger partial charge in [-0.15, -0.1) is 11.3 Å². The number of halogens is 1. The molecule has 0 saturated heterocycles. The highest BCUT2D eigenvalue weighted by atomic mass is 79.9. The van der Waals surface area contributed by atoms with Gasteiger partial charge in [0.2, 0.25) is 5.91 Å². The van der Waals surface area contributed by atoms with E-state index in [0.717, 1.165) is 16.6 Å². The van der Waals surface area contributed by atoms with Crippen LogP contribution in [0.3, 0.4) is 0 Å². The average Bonchev–Trinajstić information content (AvgIpc) is 3.10. The fraction of sp³-hybridized carbons (Fsp3) is 0.400. The van der Waals surface area contributed by atoms with Crippen molar-refractivity contribution in [1.82, 2.24) is 9.80 Å². The summed E-state index contributed by atoms with van der Waals surface area (Å²) in [4.78, 5) is 29.0. The molecule has 0 N–H and O–H groups in total. The Kier molecular flexibility index (Phi) is 8.97. The lowest BCUT2D eigenvalue weighted by molar-refractivity contribution is -0.132. The van der Waals surface area contributed by atoms with E-state index in [4.69, 9.17) is 4.74 Å². The van der Waals surface area contributed by atoms with E-state index < -0.39 is 0 Å². The maximum absolute atomic E-state index is 12.7. The number of aryl methyl sites for hydroxylation is 1. The van der Waals surface area contributed by atoms with Crippen LogP contribution >= 0.6 is 27.3 Å². The summed E-state index contributed by atoms with van der Waals surface area (Å²) in [5.74, 6) is -0.207. The highest BCUT2D eigenvalue weighted by molar-refractivity contribution is 9.11. The van der Waals surface area contributed by atoms with Crippen LogP contribution in [0, 0.1) is 0 Å². The normalized spacial score (nSPS) is 10.6. The predicted octanol–water partition coefficient (Wildman–Crippen LogP) is 3.69. The van der Waals surface area contributed by atoms with E-state index in [2.05, 4.69) is 28.1 Å². The van der Waals surface area contributed by atoms with Gasteiger partial charge in [0.25, 0.3) is 5.91 Å². The van der Waals surface area contributed by atoms with Crippen LogP contribution in [0.2, 0.25) is 0 Å². The molecule has 0 bridgehead atoms. The number of carbonyl (C=O) groups is 2. The molecule has 0 aliphatic heterocycles. The van der Waals surface area contributed by atoms with Gasteiger partial charge in [-0.05, 0) is 46.5 Å². The molecule has 0 fully saturated rings. The molecule has 2 amide bonds. The topological polar surface area (TPSA) is 49.9 Å². The van der Waals surface area contributed by atoms with Gasteiger partial charge in [-0.3, -0.25) is 9.59 Å². The van der Waals surface area contributed by atoms with E-state index in [0.29, 0.717) is 24.6 Å². The second kappa shape index (κ2) is 11.2. The maximum Gasteiger partial charge on any atom is 0.264 e. The molecule has 27 heavy (non-hydrogen) atoms. The first-order valence-corrected chi connectivity index (χ1v) is 10.4. The van der Waals surface area contributed by atoms with Gasteiger partial charge in [0, 0.05) is 27.2 Å². The van der Waals surface area contributed by atoms with E-state index in [1.54, 1.807) is 25.1 Å². The Morgan fingerprint density at radius 3 is 2.48 bits per heavy atom. The van der Waals surface area contributed by atoms with Gasteiger partial charge < -0.3 is 14.5 Å². The second-order valence-corrected chi connectivity index (χ2v) is 8.69. The molecule has 0 radical (unpaired) electrons. The number of carbonyl (C=O) groups excluding carboxylic acids is 2. The molecule has 2 rings (SSSR count). The number of rotatable bonds is 10. The number of amides is 2. The number of likely N-dealkylation sites (N-methyl/N-ethyl adjacent to an activating group) is 1. The summed E-state index contributed by atoms with van der Waals surface area (Å²) in [5, 5.41) is 0. The zero-order chi connectivity index (χ0) is 19.6. The van der Waals surface area contributed by atoms with Crippen LogP contribution < -0.4 is 0 Å². The minimum atomic E-state index is -0.143. The molecule has 0 saturated carbocycles. The Bertz CT molecular complexity index is 736. The number of ether oxygens (including phenoxy) is 1. The van der Waals surface area contributed by atoms with Gasteiger partial charge in [-0.1, -0.05) is 30.3 Å². The summed E-state index contributed by atoms with van der Waals surface area (Å²) in [6.07, 6.45) is 1.78. The van der Waals surface area contributed by atoms with Gasteiger partial charge >= 0.3 is 0 Å². The second-order valence-electron chi connectivity index (χ2n) is 6.23. The number of nitrogens with zero attached hydrogens (tertiary/aromatic N) is 2. The molecule has 2 aromatic rings. The van der Waals surface area contributed by atoms with E-state index in [-0.39, 0.29) is 18.4 Å². The summed E-state index contributed by atoms with van der Waals surface area (Å²) in [6, 6.07) is 13.8. The van der Waals surface area contributed by atoms with E-state index in [1.165, 1.54) is 21.8 Å². The Morgan fingerprint density at radius 1 is 1.11 bits per heavy atom. The first kappa shape index (κ1) is 21.6. The summed E-state index contributed by atoms with van der Waals surface area (Å²) in [5.41, 5.74) is 1.26. The molecule has 1 aromatic heterocycles. The zero-order valence-electron chi connectivity index (χ0n) is 15.7. The third-order valence-corrected chi connectivity index (χ3v) is 5.77. The fourth-order valence-corrected chi connectivity index (χ4v) is 4.05. The van der Waals surface area contributed by atoms with Crippen LogP contribution in [0.15, 0.2) is 46.3 Å². The van der Waals surface area contributed by atoms with E-state index >= 15 is 0 Å². The van der Waals surface area contributed by atoms with Crippen molar-refractivity contribution in [3.05, 3.63) is 56.7 Å². The number of methoxy groups -OCH3 is 1. The number of benzene rings is 1. The SMILES string of the molecule is COCCN(CCCc1ccccc1)C(=O)CN(C)C(=O)c1ccc(Br)s1. The molecule has 1 aromatic carbocycles. The smallest absolute Gasteiger partial charge is 0.264 e. The lowest BCUT2D eigenvalue weighted by atomic mass is 10.1. The Labute approximate surface area is 173 Å². The average molecular weight is 453 g/mol. The quantitative estimate of drug-likeness (QED) is 0.552. The molecule has 0 spiro atoms. The third-order valence-electron chi connectivity index (χ3n) is 4.16. The van der Waals surface area contributed by atoms with Crippen LogP contribution in [0.1, 0.15) is 21.7 Å². The molecule has 5 nitrogen and oxygen atoms in total. The molecule has 146 valence electrons. The number of hydrogen-bond donors (Lipinski definition) is 0. The Hall–Kier alpha value is -1.70. The Balaban J connectivity index is 1.89. The Morgan fingerprint density at radius 2 is 1.85 bits per heavy atom. The maximum atomic E-state index is 12.7. The van der Waals surface area contributed by atoms with Gasteiger partial charge in [-0.25, -0.2) is 0 Å². The van der Waals surface area contributed by atoms with Crippen LogP contribution in [-0.4, -0.2) is 62.0 Å². The predicted molar refractivity (Wildman–Crippen MR) is 112 cm³/mol. The summed E-state index contributed by atoms with van der Waals surface area (Å²) >= 11 is 4.72. The van der Waals surface area contributed by atoms with Gasteiger partial charge in [0.1, 0.15) is 0 Å². The van der Waals surface area contributed by atoms with Crippen LogP contribution in [0.4, 0.5) is 0 Å². The van der Waals surface area contributed by atoms with Crippen LogP contribution in [0.25, 0.3) is 0 Å². The van der Waals surface area contributed by atoms with Crippen LogP contribution in [0.5, 0.6) is 0 Å². The van der Waals surface area contributed by atoms with Crippen molar-refractivity contribution in [2.24, 2.45) is 0 Å². The van der Waals surface area contributed by atoms with Gasteiger partial charge in [-0.2, -0.15) is 0 Å². The van der Waals surface area contributed by atoms with Crippen molar-refractivity contribution < 1.29 is 14.3 Å².